The van der Waals surface area contributed by atoms with Crippen molar-refractivity contribution in [3.8, 4) is 0 Å². The second-order valence-electron chi connectivity index (χ2n) is 9.31. The lowest BCUT2D eigenvalue weighted by Crippen LogP contribution is -2.59. The van der Waals surface area contributed by atoms with Crippen LogP contribution in [-0.2, 0) is 6.42 Å². The fourth-order valence-electron chi connectivity index (χ4n) is 5.61. The van der Waals surface area contributed by atoms with Crippen LogP contribution in [0.2, 0.25) is 0 Å². The van der Waals surface area contributed by atoms with Crippen LogP contribution in [0.5, 0.6) is 0 Å². The summed E-state index contributed by atoms with van der Waals surface area (Å²) in [5.41, 5.74) is 2.83. The summed E-state index contributed by atoms with van der Waals surface area (Å²) in [6, 6.07) is 22.3. The molecule has 0 fully saturated rings. The molecular formula is C30H44N2. The molecule has 0 aliphatic carbocycles. The maximum atomic E-state index is 2.69. The van der Waals surface area contributed by atoms with E-state index in [0.29, 0.717) is 5.92 Å². The van der Waals surface area contributed by atoms with E-state index in [1.807, 2.05) is 0 Å². The van der Waals surface area contributed by atoms with Crippen LogP contribution < -0.4 is 0 Å². The molecule has 0 N–H and O–H groups in total. The third-order valence-electron chi connectivity index (χ3n) is 7.24. The van der Waals surface area contributed by atoms with Crippen LogP contribution in [0.25, 0.3) is 0 Å². The number of hydrogen-bond donors (Lipinski definition) is 0. The van der Waals surface area contributed by atoms with Crippen molar-refractivity contribution in [2.45, 2.75) is 90.1 Å². The Morgan fingerprint density at radius 2 is 1.28 bits per heavy atom. The summed E-state index contributed by atoms with van der Waals surface area (Å²) in [7, 11) is 0. The summed E-state index contributed by atoms with van der Waals surface area (Å²) in [4.78, 5) is 5.30. The first-order valence-corrected chi connectivity index (χ1v) is 13.1. The Labute approximate surface area is 197 Å². The maximum Gasteiger partial charge on any atom is 0.123 e. The van der Waals surface area contributed by atoms with Crippen molar-refractivity contribution in [1.29, 1.82) is 0 Å². The van der Waals surface area contributed by atoms with E-state index in [4.69, 9.17) is 0 Å². The second kappa shape index (κ2) is 12.7. The van der Waals surface area contributed by atoms with Crippen LogP contribution >= 0.6 is 0 Å². The van der Waals surface area contributed by atoms with Crippen molar-refractivity contribution >= 4 is 0 Å². The zero-order valence-corrected chi connectivity index (χ0v) is 20.7. The number of unbranched alkanes of at least 4 members (excludes halogenated alkanes) is 6. The van der Waals surface area contributed by atoms with E-state index in [1.165, 1.54) is 56.1 Å². The molecule has 2 aromatic carbocycles. The molecule has 0 radical (unpaired) electrons. The molecule has 174 valence electrons. The summed E-state index contributed by atoms with van der Waals surface area (Å²) in [6.07, 6.45) is 16.4. The number of rotatable bonds is 14. The van der Waals surface area contributed by atoms with Gasteiger partial charge in [0, 0.05) is 37.8 Å². The van der Waals surface area contributed by atoms with E-state index >= 15 is 0 Å². The van der Waals surface area contributed by atoms with Gasteiger partial charge in [0.1, 0.15) is 5.66 Å². The molecule has 2 heteroatoms. The van der Waals surface area contributed by atoms with Crippen LogP contribution in [0.4, 0.5) is 0 Å². The zero-order valence-electron chi connectivity index (χ0n) is 20.7. The zero-order chi connectivity index (χ0) is 22.7. The summed E-state index contributed by atoms with van der Waals surface area (Å²) in [5, 5.41) is 0. The minimum atomic E-state index is -0.0472. The van der Waals surface area contributed by atoms with E-state index in [1.54, 1.807) is 0 Å². The van der Waals surface area contributed by atoms with E-state index in [-0.39, 0.29) is 5.66 Å². The molecule has 3 rings (SSSR count). The Hall–Kier alpha value is -2.22. The molecule has 1 aliphatic heterocycles. The Bertz CT molecular complexity index is 785. The van der Waals surface area contributed by atoms with Crippen LogP contribution in [0, 0.1) is 0 Å². The first-order valence-electron chi connectivity index (χ1n) is 13.1. The molecule has 2 nitrogen and oxygen atoms in total. The molecule has 0 aromatic heterocycles. The van der Waals surface area contributed by atoms with Crippen LogP contribution in [0.3, 0.4) is 0 Å². The van der Waals surface area contributed by atoms with Gasteiger partial charge in [-0.2, -0.15) is 0 Å². The van der Waals surface area contributed by atoms with E-state index in [2.05, 4.69) is 104 Å². The third-order valence-corrected chi connectivity index (χ3v) is 7.24. The lowest BCUT2D eigenvalue weighted by molar-refractivity contribution is -0.00000772. The van der Waals surface area contributed by atoms with Gasteiger partial charge in [-0.25, -0.2) is 0 Å². The van der Waals surface area contributed by atoms with E-state index in [9.17, 15) is 0 Å². The quantitative estimate of drug-likeness (QED) is 0.279. The molecule has 0 saturated carbocycles. The van der Waals surface area contributed by atoms with Crippen LogP contribution in [0.15, 0.2) is 73.1 Å². The summed E-state index contributed by atoms with van der Waals surface area (Å²) in [6.45, 7) is 9.13. The summed E-state index contributed by atoms with van der Waals surface area (Å²) in [5.74, 6) is 0.448. The van der Waals surface area contributed by atoms with Crippen molar-refractivity contribution in [3.05, 3.63) is 84.2 Å². The van der Waals surface area contributed by atoms with Gasteiger partial charge in [0.05, 0.1) is 0 Å². The SMILES string of the molecule is CCCCCCCCCN1C=CN(CC)C1(Cc1ccccc1)C(CC)c1ccccc1. The smallest absolute Gasteiger partial charge is 0.123 e. The minimum absolute atomic E-state index is 0.0472. The summed E-state index contributed by atoms with van der Waals surface area (Å²) >= 11 is 0. The van der Waals surface area contributed by atoms with Gasteiger partial charge in [-0.05, 0) is 30.9 Å². The first-order chi connectivity index (χ1) is 15.8. The van der Waals surface area contributed by atoms with Gasteiger partial charge >= 0.3 is 0 Å². The van der Waals surface area contributed by atoms with Crippen molar-refractivity contribution < 1.29 is 0 Å². The highest BCUT2D eigenvalue weighted by Crippen LogP contribution is 2.44. The fourth-order valence-corrected chi connectivity index (χ4v) is 5.61. The maximum absolute atomic E-state index is 2.69. The largest absolute Gasteiger partial charge is 0.353 e. The molecule has 2 aromatic rings. The molecule has 2 unspecified atom stereocenters. The van der Waals surface area contributed by atoms with Gasteiger partial charge in [-0.1, -0.05) is 113 Å². The highest BCUT2D eigenvalue weighted by molar-refractivity contribution is 5.30. The average Bonchev–Trinajstić information content (AvgIpc) is 3.17. The van der Waals surface area contributed by atoms with Gasteiger partial charge < -0.3 is 9.80 Å². The molecule has 0 spiro atoms. The van der Waals surface area contributed by atoms with Gasteiger partial charge in [-0.15, -0.1) is 0 Å². The summed E-state index contributed by atoms with van der Waals surface area (Å²) < 4.78 is 0. The standard InChI is InChI=1S/C30H44N2/c1-4-7-8-9-10-11-18-23-32-25-24-31(6-3)30(32,26-27-19-14-12-15-20-27)29(5-2)28-21-16-13-17-22-28/h12-17,19-22,24-25,29H,4-11,18,23,26H2,1-3H3. The van der Waals surface area contributed by atoms with Crippen molar-refractivity contribution in [3.63, 3.8) is 0 Å². The van der Waals surface area contributed by atoms with Gasteiger partial charge in [-0.3, -0.25) is 0 Å². The van der Waals surface area contributed by atoms with Crippen LogP contribution in [-0.4, -0.2) is 28.6 Å². The molecule has 2 atom stereocenters. The molecule has 1 heterocycles. The Morgan fingerprint density at radius 3 is 1.91 bits per heavy atom. The highest BCUT2D eigenvalue weighted by Gasteiger charge is 2.48. The Morgan fingerprint density at radius 1 is 0.688 bits per heavy atom. The monoisotopic (exact) mass is 432 g/mol. The van der Waals surface area contributed by atoms with Gasteiger partial charge in [0.2, 0.25) is 0 Å². The number of nitrogens with zero attached hydrogens (tertiary/aromatic N) is 2. The predicted octanol–water partition coefficient (Wildman–Crippen LogP) is 7.98. The molecule has 32 heavy (non-hydrogen) atoms. The van der Waals surface area contributed by atoms with E-state index in [0.717, 1.165) is 25.9 Å². The molecule has 0 bridgehead atoms. The topological polar surface area (TPSA) is 6.48 Å². The number of benzene rings is 2. The van der Waals surface area contributed by atoms with Gasteiger partial charge in [0.25, 0.3) is 0 Å². The normalized spacial score (nSPS) is 19.0. The average molecular weight is 433 g/mol. The second-order valence-corrected chi connectivity index (χ2v) is 9.31. The van der Waals surface area contributed by atoms with E-state index < -0.39 is 0 Å². The van der Waals surface area contributed by atoms with Crippen molar-refractivity contribution in [2.75, 3.05) is 13.1 Å². The Kier molecular flexibility index (Phi) is 9.71. The Balaban J connectivity index is 1.85. The third kappa shape index (κ3) is 5.77. The molecule has 0 amide bonds. The lowest BCUT2D eigenvalue weighted by Gasteiger charge is -2.51. The fraction of sp³-hybridized carbons (Fsp3) is 0.533. The lowest BCUT2D eigenvalue weighted by atomic mass is 9.78. The highest BCUT2D eigenvalue weighted by atomic mass is 15.4. The number of hydrogen-bond acceptors (Lipinski definition) is 2. The molecule has 1 aliphatic rings. The van der Waals surface area contributed by atoms with Crippen molar-refractivity contribution in [2.24, 2.45) is 0 Å². The predicted molar refractivity (Wildman–Crippen MR) is 139 cm³/mol. The number of likely N-dealkylation sites (N-methyl/N-ethyl adjacent to an activating group) is 1. The minimum Gasteiger partial charge on any atom is -0.353 e. The molecular weight excluding hydrogens is 388 g/mol. The van der Waals surface area contributed by atoms with Gasteiger partial charge in [0.15, 0.2) is 0 Å². The first kappa shape index (κ1) is 24.4. The molecule has 0 saturated heterocycles. The van der Waals surface area contributed by atoms with Crippen molar-refractivity contribution in [1.82, 2.24) is 9.80 Å². The van der Waals surface area contributed by atoms with Crippen LogP contribution in [0.1, 0.15) is 89.2 Å².